The Kier molecular flexibility index (Phi) is 9.96. The van der Waals surface area contributed by atoms with E-state index in [0.717, 1.165) is 16.7 Å². The molecule has 3 fully saturated rings. The summed E-state index contributed by atoms with van der Waals surface area (Å²) < 4.78 is 71.5. The molecule has 2 aliphatic heterocycles. The molecule has 2 heterocycles. The molecule has 3 aliphatic rings. The summed E-state index contributed by atoms with van der Waals surface area (Å²) in [5.41, 5.74) is 7.91. The zero-order chi connectivity index (χ0) is 33.2. The maximum Gasteiger partial charge on any atom is 0.243 e. The number of piperidine rings is 1. The molecule has 1 spiro atoms. The van der Waals surface area contributed by atoms with Gasteiger partial charge in [-0.3, -0.25) is 0 Å². The Hall–Kier alpha value is -3.04. The molecule has 3 aromatic carbocycles. The molecule has 13 heteroatoms. The number of rotatable bonds is 13. The first-order chi connectivity index (χ1) is 22.5. The number of hydrogen-bond acceptors (Lipinski definition) is 10. The predicted molar refractivity (Wildman–Crippen MR) is 178 cm³/mol. The van der Waals surface area contributed by atoms with E-state index in [4.69, 9.17) is 19.9 Å². The van der Waals surface area contributed by atoms with Gasteiger partial charge in [0.1, 0.15) is 24.2 Å². The van der Waals surface area contributed by atoms with Gasteiger partial charge in [0.25, 0.3) is 0 Å². The van der Waals surface area contributed by atoms with Crippen LogP contribution in [0.5, 0.6) is 11.5 Å². The number of aliphatic hydroxyl groups is 1. The van der Waals surface area contributed by atoms with Gasteiger partial charge in [-0.25, -0.2) is 16.8 Å². The van der Waals surface area contributed by atoms with Crippen LogP contribution in [0.1, 0.15) is 37.7 Å². The average molecular weight is 686 g/mol. The van der Waals surface area contributed by atoms with Crippen molar-refractivity contribution in [3.8, 4) is 22.6 Å². The van der Waals surface area contributed by atoms with Gasteiger partial charge in [0.15, 0.2) is 9.84 Å². The summed E-state index contributed by atoms with van der Waals surface area (Å²) in [4.78, 5) is 0.435. The minimum atomic E-state index is -3.78. The van der Waals surface area contributed by atoms with Crippen LogP contribution in [-0.2, 0) is 31.1 Å². The summed E-state index contributed by atoms with van der Waals surface area (Å²) in [6, 6.07) is 19.2. The number of aliphatic hydroxyl groups excluding tert-OH is 1. The molecular formula is C34H43N3O8S2. The van der Waals surface area contributed by atoms with Crippen molar-refractivity contribution in [2.24, 2.45) is 5.73 Å². The highest BCUT2D eigenvalue weighted by Gasteiger charge is 2.45. The number of benzene rings is 3. The van der Waals surface area contributed by atoms with E-state index in [-0.39, 0.29) is 34.2 Å². The first-order valence-corrected chi connectivity index (χ1v) is 19.0. The van der Waals surface area contributed by atoms with Crippen molar-refractivity contribution in [3.05, 3.63) is 72.3 Å². The van der Waals surface area contributed by atoms with Crippen molar-refractivity contribution in [1.82, 2.24) is 9.62 Å². The molecule has 11 nitrogen and oxygen atoms in total. The van der Waals surface area contributed by atoms with Gasteiger partial charge in [0.05, 0.1) is 34.4 Å². The summed E-state index contributed by atoms with van der Waals surface area (Å²) in [7, 11) is -5.58. The smallest absolute Gasteiger partial charge is 0.243 e. The molecule has 1 saturated carbocycles. The first kappa shape index (κ1) is 33.8. The van der Waals surface area contributed by atoms with Gasteiger partial charge in [-0.1, -0.05) is 30.3 Å². The minimum Gasteiger partial charge on any atom is -0.497 e. The van der Waals surface area contributed by atoms with E-state index in [2.05, 4.69) is 5.32 Å². The Morgan fingerprint density at radius 3 is 2.38 bits per heavy atom. The lowest BCUT2D eigenvalue weighted by Gasteiger charge is -2.38. The zero-order valence-corrected chi connectivity index (χ0v) is 28.1. The van der Waals surface area contributed by atoms with Gasteiger partial charge in [-0.05, 0) is 79.1 Å². The van der Waals surface area contributed by atoms with Gasteiger partial charge in [0.2, 0.25) is 10.0 Å². The van der Waals surface area contributed by atoms with Gasteiger partial charge >= 0.3 is 0 Å². The average Bonchev–Trinajstić information content (AvgIpc) is 3.89. The molecule has 0 unspecified atom stereocenters. The molecule has 0 bridgehead atoms. The predicted octanol–water partition coefficient (Wildman–Crippen LogP) is 3.10. The fourth-order valence-corrected chi connectivity index (χ4v) is 9.50. The molecule has 47 heavy (non-hydrogen) atoms. The van der Waals surface area contributed by atoms with E-state index < -0.39 is 31.6 Å². The lowest BCUT2D eigenvalue weighted by Crippen LogP contribution is -2.47. The Balaban J connectivity index is 1.00. The maximum absolute atomic E-state index is 13.8. The topological polar surface area (TPSA) is 157 Å². The fourth-order valence-electron chi connectivity index (χ4n) is 6.31. The molecule has 0 radical (unpaired) electrons. The van der Waals surface area contributed by atoms with E-state index in [1.54, 1.807) is 30.3 Å². The fraction of sp³-hybridized carbons (Fsp3) is 0.471. The summed E-state index contributed by atoms with van der Waals surface area (Å²) in [6.45, 7) is 1.84. The normalized spacial score (nSPS) is 20.7. The minimum absolute atomic E-state index is 0.00595. The first-order valence-electron chi connectivity index (χ1n) is 16.0. The quantitative estimate of drug-likeness (QED) is 0.244. The molecule has 4 N–H and O–H groups in total. The van der Waals surface area contributed by atoms with Crippen LogP contribution < -0.4 is 20.5 Å². The number of methoxy groups -OCH3 is 1. The van der Waals surface area contributed by atoms with Crippen molar-refractivity contribution < 1.29 is 36.2 Å². The van der Waals surface area contributed by atoms with Crippen LogP contribution in [0.2, 0.25) is 0 Å². The molecule has 0 amide bonds. The number of ether oxygens (including phenoxy) is 3. The highest BCUT2D eigenvalue weighted by atomic mass is 32.2. The standard InChI is InChI=1S/C34H43N3O8S2/c1-43-30-15-26(25-7-5-24(20-35)6-8-25)16-33(18-30)47(41,42)37-13-11-34(12-14-37)19-27(22-45-34)36-21-28(38)23-44-29-3-2-4-32(17-29)46(39,40)31-9-10-31/h2-8,15-18,27-28,31,36,38H,9-14,19-23,35H2,1H3/t27-,28-/m0/s1. The maximum atomic E-state index is 13.8. The highest BCUT2D eigenvalue weighted by Crippen LogP contribution is 2.39. The summed E-state index contributed by atoms with van der Waals surface area (Å²) >= 11 is 0. The molecule has 1 aliphatic carbocycles. The number of hydrogen-bond donors (Lipinski definition) is 3. The van der Waals surface area contributed by atoms with Crippen LogP contribution in [-0.4, -0.2) is 89.2 Å². The molecule has 3 aromatic rings. The van der Waals surface area contributed by atoms with E-state index in [9.17, 15) is 21.9 Å². The zero-order valence-electron chi connectivity index (χ0n) is 26.5. The second-order valence-corrected chi connectivity index (χ2v) is 16.9. The van der Waals surface area contributed by atoms with E-state index >= 15 is 0 Å². The van der Waals surface area contributed by atoms with Gasteiger partial charge < -0.3 is 30.4 Å². The van der Waals surface area contributed by atoms with Crippen LogP contribution in [0.25, 0.3) is 11.1 Å². The monoisotopic (exact) mass is 685 g/mol. The van der Waals surface area contributed by atoms with E-state index in [1.165, 1.54) is 17.5 Å². The van der Waals surface area contributed by atoms with Crippen molar-refractivity contribution in [2.75, 3.05) is 40.0 Å². The molecular weight excluding hydrogens is 643 g/mol. The van der Waals surface area contributed by atoms with E-state index in [1.807, 2.05) is 30.3 Å². The summed E-state index contributed by atoms with van der Waals surface area (Å²) in [6.07, 6.45) is 2.40. The Bertz CT molecular complexity index is 1770. The lowest BCUT2D eigenvalue weighted by atomic mass is 9.88. The van der Waals surface area contributed by atoms with Crippen molar-refractivity contribution >= 4 is 19.9 Å². The lowest BCUT2D eigenvalue weighted by molar-refractivity contribution is -0.0312. The van der Waals surface area contributed by atoms with Crippen LogP contribution in [0.15, 0.2) is 76.5 Å². The molecule has 2 atom stereocenters. The van der Waals surface area contributed by atoms with Crippen LogP contribution in [0, 0.1) is 0 Å². The third-order valence-corrected chi connectivity index (χ3v) is 13.4. The van der Waals surface area contributed by atoms with Crippen LogP contribution in [0.4, 0.5) is 0 Å². The molecule has 0 aromatic heterocycles. The molecule has 6 rings (SSSR count). The van der Waals surface area contributed by atoms with Gasteiger partial charge in [0, 0.05) is 38.3 Å². The second-order valence-electron chi connectivity index (χ2n) is 12.7. The summed E-state index contributed by atoms with van der Waals surface area (Å²) in [5.74, 6) is 0.870. The summed E-state index contributed by atoms with van der Waals surface area (Å²) in [5, 5.41) is 13.6. The number of sulfone groups is 1. The Labute approximate surface area is 277 Å². The number of nitrogens with two attached hydrogens (primary N) is 1. The Morgan fingerprint density at radius 2 is 1.70 bits per heavy atom. The largest absolute Gasteiger partial charge is 0.497 e. The van der Waals surface area contributed by atoms with E-state index in [0.29, 0.717) is 69.8 Å². The molecule has 254 valence electrons. The van der Waals surface area contributed by atoms with Crippen LogP contribution >= 0.6 is 0 Å². The molecule has 2 saturated heterocycles. The van der Waals surface area contributed by atoms with Crippen LogP contribution in [0.3, 0.4) is 0 Å². The third kappa shape index (κ3) is 7.67. The van der Waals surface area contributed by atoms with Gasteiger partial charge in [-0.2, -0.15) is 4.31 Å². The van der Waals surface area contributed by atoms with Crippen molar-refractivity contribution in [3.63, 3.8) is 0 Å². The SMILES string of the molecule is COc1cc(-c2ccc(CN)cc2)cc(S(=O)(=O)N2CCC3(CC2)C[C@H](NC[C@H](O)COc2cccc(S(=O)(=O)C4CC4)c2)CO3)c1. The second kappa shape index (κ2) is 13.8. The third-order valence-electron chi connectivity index (χ3n) is 9.30. The van der Waals surface area contributed by atoms with Crippen molar-refractivity contribution in [2.45, 2.75) is 71.4 Å². The number of sulfonamides is 1. The highest BCUT2D eigenvalue weighted by molar-refractivity contribution is 7.92. The Morgan fingerprint density at radius 1 is 0.979 bits per heavy atom. The van der Waals surface area contributed by atoms with Gasteiger partial charge in [-0.15, -0.1) is 0 Å². The van der Waals surface area contributed by atoms with Crippen molar-refractivity contribution in [1.29, 1.82) is 0 Å². The number of nitrogens with one attached hydrogen (secondary N) is 1. The number of nitrogens with zero attached hydrogens (tertiary/aromatic N) is 1.